The average molecular weight is 361 g/mol. The molecule has 2 aromatic rings. The van der Waals surface area contributed by atoms with Gasteiger partial charge in [0.2, 0.25) is 0 Å². The molecule has 7 rings (SSSR count). The first-order chi connectivity index (χ1) is 13.1. The van der Waals surface area contributed by atoms with Crippen molar-refractivity contribution >= 4 is 22.4 Å². The molecule has 4 saturated carbocycles. The zero-order chi connectivity index (χ0) is 18.2. The molecule has 4 bridgehead atoms. The maximum absolute atomic E-state index is 10.6. The number of aliphatic hydroxyl groups is 1. The van der Waals surface area contributed by atoms with Crippen LogP contribution < -0.4 is 11.1 Å². The number of aliphatic imine (C=N–C) groups is 1. The van der Waals surface area contributed by atoms with Crippen LogP contribution in [-0.2, 0) is 6.42 Å². The summed E-state index contributed by atoms with van der Waals surface area (Å²) in [7, 11) is 0. The van der Waals surface area contributed by atoms with Crippen molar-refractivity contribution in [2.45, 2.75) is 56.6 Å². The Kier molecular flexibility index (Phi) is 3.23. The molecule has 4 fully saturated rings. The van der Waals surface area contributed by atoms with Gasteiger partial charge in [-0.05, 0) is 78.7 Å². The topological polar surface area (TPSA) is 70.6 Å². The molecule has 0 heterocycles. The molecule has 0 radical (unpaired) electrons. The van der Waals surface area contributed by atoms with E-state index in [0.29, 0.717) is 12.4 Å². The van der Waals surface area contributed by atoms with Crippen molar-refractivity contribution in [3.8, 4) is 0 Å². The van der Waals surface area contributed by atoms with Crippen LogP contribution in [0.3, 0.4) is 0 Å². The van der Waals surface area contributed by atoms with Crippen LogP contribution in [0.5, 0.6) is 0 Å². The van der Waals surface area contributed by atoms with Crippen LogP contribution >= 0.6 is 0 Å². The van der Waals surface area contributed by atoms with E-state index in [4.69, 9.17) is 10.7 Å². The number of benzene rings is 2. The normalized spacial score (nSPS) is 36.6. The van der Waals surface area contributed by atoms with Gasteiger partial charge < -0.3 is 16.2 Å². The molecule has 0 spiro atoms. The third-order valence-corrected chi connectivity index (χ3v) is 7.54. The summed E-state index contributed by atoms with van der Waals surface area (Å²) in [6.07, 6.45) is 8.05. The standard InChI is InChI=1S/C23H27N3O/c24-22(26-23-10-13-6-14(11-23)8-15(7-13)12-23)25-18-5-4-16-2-1-3-17-9-19(27)21(18)20(16)17/h1-5,13-15,19,27H,6-12H2,(H3,24,25,26). The molecule has 5 aliphatic carbocycles. The monoisotopic (exact) mass is 361 g/mol. The summed E-state index contributed by atoms with van der Waals surface area (Å²) in [6.45, 7) is 0. The van der Waals surface area contributed by atoms with Crippen LogP contribution in [0.15, 0.2) is 35.3 Å². The smallest absolute Gasteiger partial charge is 0.193 e. The maximum Gasteiger partial charge on any atom is 0.193 e. The Morgan fingerprint density at radius 3 is 2.44 bits per heavy atom. The second-order valence-electron chi connectivity index (χ2n) is 9.53. The number of rotatable bonds is 2. The van der Waals surface area contributed by atoms with Gasteiger partial charge in [0.15, 0.2) is 5.96 Å². The summed E-state index contributed by atoms with van der Waals surface area (Å²) in [5.74, 6) is 3.09. The minimum atomic E-state index is -0.471. The summed E-state index contributed by atoms with van der Waals surface area (Å²) in [5, 5.41) is 16.4. The fraction of sp³-hybridized carbons (Fsp3) is 0.522. The van der Waals surface area contributed by atoms with E-state index in [1.54, 1.807) is 0 Å². The van der Waals surface area contributed by atoms with Gasteiger partial charge in [-0.3, -0.25) is 0 Å². The second-order valence-corrected chi connectivity index (χ2v) is 9.53. The molecule has 0 saturated heterocycles. The number of nitrogens with two attached hydrogens (primary N) is 1. The SMILES string of the molecule is NC(=NC12CC3CC(CC(C3)C1)C2)Nc1ccc2cccc3c2c1C(O)C3. The van der Waals surface area contributed by atoms with Gasteiger partial charge in [0.25, 0.3) is 0 Å². The summed E-state index contributed by atoms with van der Waals surface area (Å²) in [5.41, 5.74) is 9.58. The van der Waals surface area contributed by atoms with Crippen molar-refractivity contribution in [1.29, 1.82) is 0 Å². The molecule has 1 unspecified atom stereocenters. The predicted octanol–water partition coefficient (Wildman–Crippen LogP) is 4.12. The Bertz CT molecular complexity index is 928. The highest BCUT2D eigenvalue weighted by Crippen LogP contribution is 2.57. The fourth-order valence-electron chi connectivity index (χ4n) is 7.04. The van der Waals surface area contributed by atoms with Gasteiger partial charge in [-0.1, -0.05) is 24.3 Å². The lowest BCUT2D eigenvalue weighted by Gasteiger charge is -2.54. The number of guanidine groups is 1. The first-order valence-corrected chi connectivity index (χ1v) is 10.4. The number of aliphatic hydroxyl groups excluding tert-OH is 1. The zero-order valence-corrected chi connectivity index (χ0v) is 15.6. The Morgan fingerprint density at radius 1 is 1.04 bits per heavy atom. The molecule has 5 aliphatic rings. The second kappa shape index (κ2) is 5.48. The lowest BCUT2D eigenvalue weighted by molar-refractivity contribution is 0.00163. The number of anilines is 1. The van der Waals surface area contributed by atoms with Crippen LogP contribution in [-0.4, -0.2) is 16.6 Å². The van der Waals surface area contributed by atoms with E-state index in [1.165, 1.54) is 54.9 Å². The quantitative estimate of drug-likeness (QED) is 0.556. The lowest BCUT2D eigenvalue weighted by Crippen LogP contribution is -2.50. The summed E-state index contributed by atoms with van der Waals surface area (Å²) in [6, 6.07) is 10.4. The third kappa shape index (κ3) is 2.42. The van der Waals surface area contributed by atoms with Crippen molar-refractivity contribution < 1.29 is 5.11 Å². The van der Waals surface area contributed by atoms with E-state index >= 15 is 0 Å². The molecular weight excluding hydrogens is 334 g/mol. The first-order valence-electron chi connectivity index (χ1n) is 10.4. The highest BCUT2D eigenvalue weighted by atomic mass is 16.3. The van der Waals surface area contributed by atoms with Crippen LogP contribution in [0, 0.1) is 17.8 Å². The molecule has 0 aromatic heterocycles. The number of nitrogens with zero attached hydrogens (tertiary/aromatic N) is 1. The molecule has 4 heteroatoms. The van der Waals surface area contributed by atoms with Crippen molar-refractivity contribution in [2.24, 2.45) is 28.5 Å². The predicted molar refractivity (Wildman–Crippen MR) is 109 cm³/mol. The maximum atomic E-state index is 10.6. The highest BCUT2D eigenvalue weighted by Gasteiger charge is 2.51. The molecule has 2 aromatic carbocycles. The molecule has 140 valence electrons. The number of hydrogen-bond acceptors (Lipinski definition) is 2. The summed E-state index contributed by atoms with van der Waals surface area (Å²) < 4.78 is 0. The Labute approximate surface area is 159 Å². The van der Waals surface area contributed by atoms with E-state index in [9.17, 15) is 5.11 Å². The van der Waals surface area contributed by atoms with E-state index in [0.717, 1.165) is 29.0 Å². The molecule has 0 amide bonds. The lowest BCUT2D eigenvalue weighted by atomic mass is 9.53. The van der Waals surface area contributed by atoms with E-state index < -0.39 is 6.10 Å². The molecular formula is C23H27N3O. The van der Waals surface area contributed by atoms with Crippen molar-refractivity contribution in [1.82, 2.24) is 0 Å². The van der Waals surface area contributed by atoms with Gasteiger partial charge in [-0.25, -0.2) is 4.99 Å². The van der Waals surface area contributed by atoms with Gasteiger partial charge in [-0.2, -0.15) is 0 Å². The van der Waals surface area contributed by atoms with Crippen molar-refractivity contribution in [3.05, 3.63) is 41.5 Å². The summed E-state index contributed by atoms with van der Waals surface area (Å²) >= 11 is 0. The van der Waals surface area contributed by atoms with Crippen LogP contribution in [0.4, 0.5) is 5.69 Å². The summed E-state index contributed by atoms with van der Waals surface area (Å²) in [4.78, 5) is 5.06. The Morgan fingerprint density at radius 2 is 1.74 bits per heavy atom. The largest absolute Gasteiger partial charge is 0.388 e. The van der Waals surface area contributed by atoms with Gasteiger partial charge in [0.05, 0.1) is 11.6 Å². The van der Waals surface area contributed by atoms with Gasteiger partial charge in [-0.15, -0.1) is 0 Å². The fourth-order valence-corrected chi connectivity index (χ4v) is 7.04. The average Bonchev–Trinajstić information content (AvgIpc) is 2.94. The van der Waals surface area contributed by atoms with E-state index in [-0.39, 0.29) is 5.54 Å². The Balaban J connectivity index is 1.34. The third-order valence-electron chi connectivity index (χ3n) is 7.54. The van der Waals surface area contributed by atoms with Gasteiger partial charge in [0, 0.05) is 17.7 Å². The highest BCUT2D eigenvalue weighted by molar-refractivity contribution is 6.00. The molecule has 1 atom stereocenters. The van der Waals surface area contributed by atoms with Gasteiger partial charge >= 0.3 is 0 Å². The number of nitrogens with one attached hydrogen (secondary N) is 1. The van der Waals surface area contributed by atoms with Crippen LogP contribution in [0.25, 0.3) is 10.8 Å². The van der Waals surface area contributed by atoms with Crippen LogP contribution in [0.1, 0.15) is 55.8 Å². The minimum Gasteiger partial charge on any atom is -0.388 e. The molecule has 27 heavy (non-hydrogen) atoms. The number of hydrogen-bond donors (Lipinski definition) is 3. The van der Waals surface area contributed by atoms with E-state index in [2.05, 4.69) is 29.6 Å². The molecule has 4 nitrogen and oxygen atoms in total. The van der Waals surface area contributed by atoms with Crippen LogP contribution in [0.2, 0.25) is 0 Å². The minimum absolute atomic E-state index is 0.0623. The first kappa shape index (κ1) is 15.9. The van der Waals surface area contributed by atoms with Crippen molar-refractivity contribution in [2.75, 3.05) is 5.32 Å². The van der Waals surface area contributed by atoms with Crippen molar-refractivity contribution in [3.63, 3.8) is 0 Å². The molecule has 4 N–H and O–H groups in total. The Hall–Kier alpha value is -2.07. The molecule has 0 aliphatic heterocycles. The van der Waals surface area contributed by atoms with E-state index in [1.807, 2.05) is 6.07 Å². The van der Waals surface area contributed by atoms with Gasteiger partial charge in [0.1, 0.15) is 0 Å². The zero-order valence-electron chi connectivity index (χ0n) is 15.6.